The summed E-state index contributed by atoms with van der Waals surface area (Å²) < 4.78 is 33.2. The average Bonchev–Trinajstić information content (AvgIpc) is 2.80. The van der Waals surface area contributed by atoms with Crippen molar-refractivity contribution in [3.8, 4) is 0 Å². The quantitative estimate of drug-likeness (QED) is 0.688. The molecule has 1 rings (SSSR count). The van der Waals surface area contributed by atoms with Crippen molar-refractivity contribution in [1.29, 1.82) is 0 Å². The highest BCUT2D eigenvalue weighted by molar-refractivity contribution is 5.13. The lowest BCUT2D eigenvalue weighted by atomic mass is 10.0. The molecule has 0 aliphatic carbocycles. The third kappa shape index (κ3) is 6.06. The minimum Gasteiger partial charge on any atom is -0.373 e. The van der Waals surface area contributed by atoms with Crippen molar-refractivity contribution in [3.05, 3.63) is 36.7 Å². The van der Waals surface area contributed by atoms with Gasteiger partial charge in [0.2, 0.25) is 0 Å². The molecule has 0 radical (unpaired) electrons. The lowest BCUT2D eigenvalue weighted by Crippen LogP contribution is -2.34. The van der Waals surface area contributed by atoms with Crippen molar-refractivity contribution < 1.29 is 13.5 Å². The molecule has 2 atom stereocenters. The molecule has 6 heteroatoms. The van der Waals surface area contributed by atoms with Crippen LogP contribution in [-0.2, 0) is 11.3 Å². The fourth-order valence-electron chi connectivity index (χ4n) is 1.87. The van der Waals surface area contributed by atoms with Crippen LogP contribution in [0.15, 0.2) is 36.7 Å². The van der Waals surface area contributed by atoms with E-state index in [1.54, 1.807) is 17.1 Å². The van der Waals surface area contributed by atoms with E-state index >= 15 is 0 Å². The van der Waals surface area contributed by atoms with Crippen LogP contribution in [0.25, 0.3) is 0 Å². The van der Waals surface area contributed by atoms with Gasteiger partial charge in [0.15, 0.2) is 0 Å². The van der Waals surface area contributed by atoms with Crippen molar-refractivity contribution in [3.63, 3.8) is 0 Å². The molecule has 1 heterocycles. The Bertz CT molecular complexity index is 443. The van der Waals surface area contributed by atoms with Gasteiger partial charge in [0.25, 0.3) is 0 Å². The Hall–Kier alpha value is -1.56. The van der Waals surface area contributed by atoms with Gasteiger partial charge in [-0.1, -0.05) is 6.08 Å². The molecule has 0 aliphatic heterocycles. The number of hydrogen-bond acceptors (Lipinski definition) is 3. The van der Waals surface area contributed by atoms with E-state index in [0.717, 1.165) is 6.08 Å². The molecule has 0 saturated carbocycles. The SMILES string of the molecule is CCO[C@](C)(C/C=C\C(F)=C/C(C)F)Cn1cncn1. The van der Waals surface area contributed by atoms with Gasteiger partial charge in [0.05, 0.1) is 12.1 Å². The van der Waals surface area contributed by atoms with Crippen molar-refractivity contribution in [2.45, 2.75) is 45.5 Å². The molecule has 0 amide bonds. The van der Waals surface area contributed by atoms with E-state index in [4.69, 9.17) is 4.74 Å². The van der Waals surface area contributed by atoms with Crippen LogP contribution in [0.1, 0.15) is 27.2 Å². The fourth-order valence-corrected chi connectivity index (χ4v) is 1.87. The Balaban J connectivity index is 2.64. The first-order valence-corrected chi connectivity index (χ1v) is 6.59. The molecule has 20 heavy (non-hydrogen) atoms. The van der Waals surface area contributed by atoms with Gasteiger partial charge in [-0.25, -0.2) is 13.8 Å². The molecule has 112 valence electrons. The van der Waals surface area contributed by atoms with Crippen molar-refractivity contribution in [2.24, 2.45) is 0 Å². The summed E-state index contributed by atoms with van der Waals surface area (Å²) >= 11 is 0. The molecular formula is C14H21F2N3O. The summed E-state index contributed by atoms with van der Waals surface area (Å²) in [5, 5.41) is 4.03. The van der Waals surface area contributed by atoms with Crippen LogP contribution in [-0.4, -0.2) is 33.1 Å². The zero-order chi connectivity index (χ0) is 15.0. The van der Waals surface area contributed by atoms with Crippen molar-refractivity contribution in [1.82, 2.24) is 14.8 Å². The number of alkyl halides is 1. The highest BCUT2D eigenvalue weighted by Crippen LogP contribution is 2.19. The maximum atomic E-state index is 13.3. The topological polar surface area (TPSA) is 39.9 Å². The van der Waals surface area contributed by atoms with Crippen LogP contribution in [0.3, 0.4) is 0 Å². The van der Waals surface area contributed by atoms with Gasteiger partial charge in [-0.05, 0) is 39.3 Å². The van der Waals surface area contributed by atoms with E-state index in [1.807, 2.05) is 13.8 Å². The average molecular weight is 285 g/mol. The number of hydrogen-bond donors (Lipinski definition) is 0. The van der Waals surface area contributed by atoms with E-state index in [1.165, 1.54) is 19.3 Å². The van der Waals surface area contributed by atoms with Gasteiger partial charge in [-0.15, -0.1) is 0 Å². The molecule has 4 nitrogen and oxygen atoms in total. The molecule has 0 bridgehead atoms. The van der Waals surface area contributed by atoms with Crippen LogP contribution in [0.4, 0.5) is 8.78 Å². The van der Waals surface area contributed by atoms with Crippen LogP contribution in [0.5, 0.6) is 0 Å². The third-order valence-corrected chi connectivity index (χ3v) is 2.67. The van der Waals surface area contributed by atoms with E-state index in [-0.39, 0.29) is 0 Å². The first kappa shape index (κ1) is 16.5. The van der Waals surface area contributed by atoms with Crippen LogP contribution in [0, 0.1) is 0 Å². The van der Waals surface area contributed by atoms with E-state index in [9.17, 15) is 8.78 Å². The first-order chi connectivity index (χ1) is 9.45. The fraction of sp³-hybridized carbons (Fsp3) is 0.571. The van der Waals surface area contributed by atoms with Crippen LogP contribution in [0.2, 0.25) is 0 Å². The maximum absolute atomic E-state index is 13.3. The molecule has 1 aromatic heterocycles. The van der Waals surface area contributed by atoms with Crippen molar-refractivity contribution in [2.75, 3.05) is 6.61 Å². The smallest absolute Gasteiger partial charge is 0.137 e. The summed E-state index contributed by atoms with van der Waals surface area (Å²) in [6.07, 6.45) is 6.07. The summed E-state index contributed by atoms with van der Waals surface area (Å²) in [7, 11) is 0. The van der Waals surface area contributed by atoms with Gasteiger partial charge in [-0.2, -0.15) is 5.10 Å². The Labute approximate surface area is 118 Å². The molecule has 0 saturated heterocycles. The first-order valence-electron chi connectivity index (χ1n) is 6.59. The van der Waals surface area contributed by atoms with Gasteiger partial charge >= 0.3 is 0 Å². The minimum absolute atomic E-state index is 0.489. The van der Waals surface area contributed by atoms with Gasteiger partial charge in [0, 0.05) is 6.61 Å². The second kappa shape index (κ2) is 7.89. The molecule has 0 N–H and O–H groups in total. The van der Waals surface area contributed by atoms with Gasteiger partial charge in [-0.3, -0.25) is 4.68 Å². The molecular weight excluding hydrogens is 264 g/mol. The molecule has 0 aliphatic rings. The van der Waals surface area contributed by atoms with E-state index < -0.39 is 17.6 Å². The summed E-state index contributed by atoms with van der Waals surface area (Å²) in [5.74, 6) is -0.584. The normalized spacial score (nSPS) is 17.4. The Morgan fingerprint density at radius 3 is 2.85 bits per heavy atom. The summed E-state index contributed by atoms with van der Waals surface area (Å²) in [4.78, 5) is 3.88. The molecule has 0 spiro atoms. The predicted molar refractivity (Wildman–Crippen MR) is 73.6 cm³/mol. The largest absolute Gasteiger partial charge is 0.373 e. The molecule has 0 fully saturated rings. The standard InChI is InChI=1S/C14H21F2N3O/c1-4-20-14(3,9-19-11-17-10-18-19)7-5-6-13(16)8-12(2)15/h5-6,8,10-12H,4,7,9H2,1-3H3/b6-5-,13-8+/t12?,14-/m1/s1. The summed E-state index contributed by atoms with van der Waals surface area (Å²) in [6, 6.07) is 0. The van der Waals surface area contributed by atoms with Crippen LogP contribution < -0.4 is 0 Å². The lowest BCUT2D eigenvalue weighted by Gasteiger charge is -2.28. The number of aromatic nitrogens is 3. The minimum atomic E-state index is -1.30. The summed E-state index contributed by atoms with van der Waals surface area (Å²) in [5.41, 5.74) is -0.513. The number of halogens is 2. The summed E-state index contributed by atoms with van der Waals surface area (Å²) in [6.45, 7) is 6.15. The Morgan fingerprint density at radius 1 is 1.55 bits per heavy atom. The number of ether oxygens (including phenoxy) is 1. The highest BCUT2D eigenvalue weighted by atomic mass is 19.1. The zero-order valence-electron chi connectivity index (χ0n) is 12.1. The second-order valence-corrected chi connectivity index (χ2v) is 4.81. The monoisotopic (exact) mass is 285 g/mol. The number of allylic oxidation sites excluding steroid dienone is 3. The molecule has 1 aromatic rings. The number of rotatable bonds is 8. The maximum Gasteiger partial charge on any atom is 0.137 e. The Morgan fingerprint density at radius 2 is 2.30 bits per heavy atom. The number of nitrogens with zero attached hydrogens (tertiary/aromatic N) is 3. The zero-order valence-corrected chi connectivity index (χ0v) is 12.1. The van der Waals surface area contributed by atoms with Gasteiger partial charge < -0.3 is 4.74 Å². The van der Waals surface area contributed by atoms with E-state index in [2.05, 4.69) is 10.1 Å². The molecule has 1 unspecified atom stereocenters. The van der Waals surface area contributed by atoms with E-state index in [0.29, 0.717) is 19.6 Å². The predicted octanol–water partition coefficient (Wildman–Crippen LogP) is 3.23. The molecule has 0 aromatic carbocycles. The van der Waals surface area contributed by atoms with Gasteiger partial charge in [0.1, 0.15) is 24.7 Å². The highest BCUT2D eigenvalue weighted by Gasteiger charge is 2.24. The second-order valence-electron chi connectivity index (χ2n) is 4.81. The van der Waals surface area contributed by atoms with Crippen LogP contribution >= 0.6 is 0 Å². The Kier molecular flexibility index (Phi) is 6.51. The van der Waals surface area contributed by atoms with Crippen molar-refractivity contribution >= 4 is 0 Å². The third-order valence-electron chi connectivity index (χ3n) is 2.67. The lowest BCUT2D eigenvalue weighted by molar-refractivity contribution is -0.0371.